The SMILES string of the molecule is O=C(C[C@H](c1ccccc1)N1CCCCC1)OCc1ccccc1. The number of benzene rings is 2. The fourth-order valence-electron chi connectivity index (χ4n) is 3.32. The highest BCUT2D eigenvalue weighted by molar-refractivity contribution is 5.70. The lowest BCUT2D eigenvalue weighted by atomic mass is 9.99. The Bertz CT molecular complexity index is 621. The van der Waals surface area contributed by atoms with Crippen molar-refractivity contribution in [3.8, 4) is 0 Å². The third-order valence-corrected chi connectivity index (χ3v) is 4.62. The van der Waals surface area contributed by atoms with Crippen LogP contribution in [0.3, 0.4) is 0 Å². The second kappa shape index (κ2) is 8.65. The van der Waals surface area contributed by atoms with Crippen LogP contribution in [0, 0.1) is 0 Å². The van der Waals surface area contributed by atoms with Gasteiger partial charge in [-0.1, -0.05) is 67.1 Å². The predicted octanol–water partition coefficient (Wildman–Crippen LogP) is 4.35. The fraction of sp³-hybridized carbons (Fsp3) is 0.381. The number of carbonyl (C=O) groups excluding carboxylic acids is 1. The van der Waals surface area contributed by atoms with Gasteiger partial charge in [0.05, 0.1) is 6.42 Å². The third-order valence-electron chi connectivity index (χ3n) is 4.62. The molecule has 24 heavy (non-hydrogen) atoms. The Morgan fingerprint density at radius 2 is 1.54 bits per heavy atom. The minimum absolute atomic E-state index is 0.120. The van der Waals surface area contributed by atoms with E-state index in [1.807, 2.05) is 48.5 Å². The van der Waals surface area contributed by atoms with Gasteiger partial charge in [-0.15, -0.1) is 0 Å². The molecule has 1 aliphatic rings. The maximum Gasteiger partial charge on any atom is 0.308 e. The average Bonchev–Trinajstić information content (AvgIpc) is 2.67. The van der Waals surface area contributed by atoms with E-state index in [9.17, 15) is 4.79 Å². The van der Waals surface area contributed by atoms with Crippen molar-refractivity contribution < 1.29 is 9.53 Å². The second-order valence-electron chi connectivity index (χ2n) is 6.37. The van der Waals surface area contributed by atoms with Crippen molar-refractivity contribution in [2.24, 2.45) is 0 Å². The van der Waals surface area contributed by atoms with Crippen LogP contribution in [-0.2, 0) is 16.1 Å². The van der Waals surface area contributed by atoms with Gasteiger partial charge in [0.25, 0.3) is 0 Å². The Morgan fingerprint density at radius 3 is 2.21 bits per heavy atom. The molecule has 0 aliphatic carbocycles. The highest BCUT2D eigenvalue weighted by atomic mass is 16.5. The summed E-state index contributed by atoms with van der Waals surface area (Å²) in [5.41, 5.74) is 2.23. The topological polar surface area (TPSA) is 29.5 Å². The van der Waals surface area contributed by atoms with E-state index in [4.69, 9.17) is 4.74 Å². The van der Waals surface area contributed by atoms with Gasteiger partial charge in [-0.3, -0.25) is 9.69 Å². The lowest BCUT2D eigenvalue weighted by Crippen LogP contribution is -2.35. The summed E-state index contributed by atoms with van der Waals surface area (Å²) in [5.74, 6) is -0.127. The smallest absolute Gasteiger partial charge is 0.308 e. The second-order valence-corrected chi connectivity index (χ2v) is 6.37. The van der Waals surface area contributed by atoms with Crippen LogP contribution < -0.4 is 0 Å². The first-order chi connectivity index (χ1) is 11.8. The highest BCUT2D eigenvalue weighted by Gasteiger charge is 2.25. The summed E-state index contributed by atoms with van der Waals surface area (Å²) in [6, 6.07) is 20.3. The Morgan fingerprint density at radius 1 is 0.917 bits per heavy atom. The summed E-state index contributed by atoms with van der Waals surface area (Å²) >= 11 is 0. The maximum atomic E-state index is 12.4. The molecule has 1 heterocycles. The summed E-state index contributed by atoms with van der Waals surface area (Å²) in [6.07, 6.45) is 4.12. The van der Waals surface area contributed by atoms with Gasteiger partial charge in [0, 0.05) is 6.04 Å². The Balaban J connectivity index is 1.63. The first-order valence-corrected chi connectivity index (χ1v) is 8.81. The van der Waals surface area contributed by atoms with Crippen LogP contribution in [0.2, 0.25) is 0 Å². The van der Waals surface area contributed by atoms with Crippen molar-refractivity contribution in [1.82, 2.24) is 4.90 Å². The zero-order valence-electron chi connectivity index (χ0n) is 14.1. The predicted molar refractivity (Wildman–Crippen MR) is 95.5 cm³/mol. The van der Waals surface area contributed by atoms with Crippen molar-refractivity contribution in [1.29, 1.82) is 0 Å². The van der Waals surface area contributed by atoms with Gasteiger partial charge in [0.1, 0.15) is 6.61 Å². The minimum atomic E-state index is -0.127. The highest BCUT2D eigenvalue weighted by Crippen LogP contribution is 2.28. The molecule has 0 bridgehead atoms. The lowest BCUT2D eigenvalue weighted by molar-refractivity contribution is -0.146. The van der Waals surface area contributed by atoms with Crippen LogP contribution in [0.5, 0.6) is 0 Å². The zero-order valence-corrected chi connectivity index (χ0v) is 14.1. The molecule has 0 radical (unpaired) electrons. The van der Waals surface area contributed by atoms with Crippen molar-refractivity contribution in [2.45, 2.75) is 38.3 Å². The van der Waals surface area contributed by atoms with Gasteiger partial charge < -0.3 is 4.74 Å². The van der Waals surface area contributed by atoms with E-state index in [0.29, 0.717) is 13.0 Å². The average molecular weight is 323 g/mol. The van der Waals surface area contributed by atoms with Crippen LogP contribution in [0.15, 0.2) is 60.7 Å². The molecule has 0 aromatic heterocycles. The van der Waals surface area contributed by atoms with Crippen LogP contribution in [-0.4, -0.2) is 24.0 Å². The van der Waals surface area contributed by atoms with Crippen molar-refractivity contribution in [2.75, 3.05) is 13.1 Å². The molecule has 0 N–H and O–H groups in total. The molecule has 2 aromatic carbocycles. The molecule has 1 aliphatic heterocycles. The molecular formula is C21H25NO2. The monoisotopic (exact) mass is 323 g/mol. The van der Waals surface area contributed by atoms with E-state index in [0.717, 1.165) is 18.7 Å². The number of piperidine rings is 1. The molecule has 0 unspecified atom stereocenters. The largest absolute Gasteiger partial charge is 0.461 e. The van der Waals surface area contributed by atoms with Gasteiger partial charge in [-0.25, -0.2) is 0 Å². The maximum absolute atomic E-state index is 12.4. The molecule has 3 heteroatoms. The number of nitrogens with zero attached hydrogens (tertiary/aromatic N) is 1. The lowest BCUT2D eigenvalue weighted by Gasteiger charge is -2.34. The summed E-state index contributed by atoms with van der Waals surface area (Å²) in [5, 5.41) is 0. The van der Waals surface area contributed by atoms with E-state index >= 15 is 0 Å². The number of likely N-dealkylation sites (tertiary alicyclic amines) is 1. The molecule has 0 saturated carbocycles. The summed E-state index contributed by atoms with van der Waals surface area (Å²) < 4.78 is 5.51. The third kappa shape index (κ3) is 4.68. The van der Waals surface area contributed by atoms with E-state index in [-0.39, 0.29) is 12.0 Å². The first-order valence-electron chi connectivity index (χ1n) is 8.81. The van der Waals surface area contributed by atoms with Gasteiger partial charge in [0.2, 0.25) is 0 Å². The molecule has 3 nitrogen and oxygen atoms in total. The summed E-state index contributed by atoms with van der Waals surface area (Å²) in [4.78, 5) is 14.8. The summed E-state index contributed by atoms with van der Waals surface area (Å²) in [6.45, 7) is 2.47. The molecule has 3 rings (SSSR count). The molecule has 2 aromatic rings. The quantitative estimate of drug-likeness (QED) is 0.740. The normalized spacial score (nSPS) is 16.5. The van der Waals surface area contributed by atoms with Crippen molar-refractivity contribution in [3.63, 3.8) is 0 Å². The fourth-order valence-corrected chi connectivity index (χ4v) is 3.32. The van der Waals surface area contributed by atoms with Crippen LogP contribution in [0.25, 0.3) is 0 Å². The number of carbonyl (C=O) groups is 1. The minimum Gasteiger partial charge on any atom is -0.461 e. The van der Waals surface area contributed by atoms with Crippen molar-refractivity contribution >= 4 is 5.97 Å². The van der Waals surface area contributed by atoms with E-state index in [1.54, 1.807) is 0 Å². The molecule has 1 saturated heterocycles. The number of hydrogen-bond donors (Lipinski definition) is 0. The van der Waals surface area contributed by atoms with Gasteiger partial charge in [-0.2, -0.15) is 0 Å². The molecular weight excluding hydrogens is 298 g/mol. The Kier molecular flexibility index (Phi) is 6.02. The van der Waals surface area contributed by atoms with Gasteiger partial charge in [0.15, 0.2) is 0 Å². The van der Waals surface area contributed by atoms with Crippen LogP contribution >= 0.6 is 0 Å². The molecule has 126 valence electrons. The van der Waals surface area contributed by atoms with E-state index in [2.05, 4.69) is 17.0 Å². The molecule has 0 amide bonds. The molecule has 1 fully saturated rings. The summed E-state index contributed by atoms with van der Waals surface area (Å²) in [7, 11) is 0. The number of hydrogen-bond acceptors (Lipinski definition) is 3. The first kappa shape index (κ1) is 16.7. The standard InChI is InChI=1S/C21H25NO2/c23-21(24-17-18-10-4-1-5-11-18)16-20(19-12-6-2-7-13-19)22-14-8-3-9-15-22/h1-2,4-7,10-13,20H,3,8-9,14-17H2/t20-/m1/s1. The zero-order chi connectivity index (χ0) is 16.6. The van der Waals surface area contributed by atoms with Gasteiger partial charge >= 0.3 is 5.97 Å². The van der Waals surface area contributed by atoms with Crippen LogP contribution in [0.1, 0.15) is 42.9 Å². The van der Waals surface area contributed by atoms with E-state index in [1.165, 1.54) is 24.8 Å². The Hall–Kier alpha value is -2.13. The number of esters is 1. The molecule has 1 atom stereocenters. The number of rotatable bonds is 6. The van der Waals surface area contributed by atoms with Crippen molar-refractivity contribution in [3.05, 3.63) is 71.8 Å². The Labute approximate surface area is 144 Å². The van der Waals surface area contributed by atoms with Crippen LogP contribution in [0.4, 0.5) is 0 Å². The molecule has 0 spiro atoms. The van der Waals surface area contributed by atoms with E-state index < -0.39 is 0 Å². The number of ether oxygens (including phenoxy) is 1. The van der Waals surface area contributed by atoms with Gasteiger partial charge in [-0.05, 0) is 37.1 Å².